The van der Waals surface area contributed by atoms with Crippen LogP contribution >= 0.6 is 0 Å². The second-order valence-corrected chi connectivity index (χ2v) is 5.81. The first-order valence-corrected chi connectivity index (χ1v) is 7.18. The Kier molecular flexibility index (Phi) is 4.55. The standard InChI is InChI=1S/C16H23N3O/c1-11(2)9-10-19(4)12(3)15-17-14-8-6-5-7-13(14)16(20)18-15/h5-8,11-12H,9-10H2,1-4H3,(H,17,18,20). The van der Waals surface area contributed by atoms with E-state index < -0.39 is 0 Å². The molecule has 4 nitrogen and oxygen atoms in total. The molecule has 0 aliphatic carbocycles. The van der Waals surface area contributed by atoms with Gasteiger partial charge in [0.05, 0.1) is 16.9 Å². The minimum Gasteiger partial charge on any atom is -0.309 e. The molecule has 2 rings (SSSR count). The predicted molar refractivity (Wildman–Crippen MR) is 82.9 cm³/mol. The van der Waals surface area contributed by atoms with Gasteiger partial charge in [-0.15, -0.1) is 0 Å². The molecular formula is C16H23N3O. The molecule has 1 aromatic heterocycles. The topological polar surface area (TPSA) is 49.0 Å². The molecule has 0 spiro atoms. The molecule has 0 amide bonds. The maximum absolute atomic E-state index is 12.1. The minimum atomic E-state index is -0.0605. The zero-order valence-electron chi connectivity index (χ0n) is 12.7. The maximum atomic E-state index is 12.1. The number of hydrogen-bond donors (Lipinski definition) is 1. The van der Waals surface area contributed by atoms with Crippen LogP contribution in [0.5, 0.6) is 0 Å². The van der Waals surface area contributed by atoms with Crippen molar-refractivity contribution in [1.29, 1.82) is 0 Å². The van der Waals surface area contributed by atoms with Crippen LogP contribution in [0.1, 0.15) is 39.1 Å². The average molecular weight is 273 g/mol. The van der Waals surface area contributed by atoms with Gasteiger partial charge in [-0.3, -0.25) is 9.69 Å². The Balaban J connectivity index is 2.26. The van der Waals surface area contributed by atoms with E-state index in [1.807, 2.05) is 18.2 Å². The predicted octanol–water partition coefficient (Wildman–Crippen LogP) is 2.96. The highest BCUT2D eigenvalue weighted by molar-refractivity contribution is 5.77. The molecular weight excluding hydrogens is 250 g/mol. The van der Waals surface area contributed by atoms with Crippen molar-refractivity contribution >= 4 is 10.9 Å². The zero-order valence-corrected chi connectivity index (χ0v) is 12.7. The normalized spacial score (nSPS) is 13.3. The van der Waals surface area contributed by atoms with Crippen LogP contribution in [0.3, 0.4) is 0 Å². The van der Waals surface area contributed by atoms with Gasteiger partial charge in [0.2, 0.25) is 0 Å². The second-order valence-electron chi connectivity index (χ2n) is 5.81. The summed E-state index contributed by atoms with van der Waals surface area (Å²) in [5.74, 6) is 1.41. The molecule has 1 unspecified atom stereocenters. The van der Waals surface area contributed by atoms with E-state index in [1.54, 1.807) is 6.07 Å². The van der Waals surface area contributed by atoms with Crippen LogP contribution in [0.15, 0.2) is 29.1 Å². The molecule has 0 bridgehead atoms. The van der Waals surface area contributed by atoms with Crippen LogP contribution in [-0.2, 0) is 0 Å². The van der Waals surface area contributed by atoms with Gasteiger partial charge >= 0.3 is 0 Å². The van der Waals surface area contributed by atoms with Crippen molar-refractivity contribution in [1.82, 2.24) is 14.9 Å². The molecule has 1 heterocycles. The summed E-state index contributed by atoms with van der Waals surface area (Å²) in [7, 11) is 2.07. The number of para-hydroxylation sites is 1. The molecule has 0 saturated carbocycles. The number of nitrogens with one attached hydrogen (secondary N) is 1. The van der Waals surface area contributed by atoms with Crippen molar-refractivity contribution in [2.45, 2.75) is 33.2 Å². The van der Waals surface area contributed by atoms with E-state index in [0.717, 1.165) is 24.3 Å². The Bertz CT molecular complexity index is 633. The monoisotopic (exact) mass is 273 g/mol. The smallest absolute Gasteiger partial charge is 0.258 e. The number of aromatic nitrogens is 2. The van der Waals surface area contributed by atoms with Crippen molar-refractivity contribution in [2.75, 3.05) is 13.6 Å². The molecule has 1 aromatic carbocycles. The largest absolute Gasteiger partial charge is 0.309 e. The van der Waals surface area contributed by atoms with Crippen LogP contribution in [0, 0.1) is 5.92 Å². The average Bonchev–Trinajstić information content (AvgIpc) is 2.43. The van der Waals surface area contributed by atoms with Crippen LogP contribution < -0.4 is 5.56 Å². The molecule has 2 aromatic rings. The van der Waals surface area contributed by atoms with Crippen molar-refractivity contribution in [3.05, 3.63) is 40.4 Å². The van der Waals surface area contributed by atoms with Gasteiger partial charge in [-0.1, -0.05) is 26.0 Å². The van der Waals surface area contributed by atoms with Crippen LogP contribution in [-0.4, -0.2) is 28.5 Å². The van der Waals surface area contributed by atoms with Gasteiger partial charge in [0, 0.05) is 0 Å². The first-order valence-electron chi connectivity index (χ1n) is 7.18. The number of nitrogens with zero attached hydrogens (tertiary/aromatic N) is 2. The second kappa shape index (κ2) is 6.18. The van der Waals surface area contributed by atoms with Crippen LogP contribution in [0.25, 0.3) is 10.9 Å². The highest BCUT2D eigenvalue weighted by Gasteiger charge is 2.15. The van der Waals surface area contributed by atoms with Gasteiger partial charge in [-0.2, -0.15) is 0 Å². The molecule has 0 aliphatic rings. The third kappa shape index (κ3) is 3.25. The maximum Gasteiger partial charge on any atom is 0.258 e. The van der Waals surface area contributed by atoms with E-state index in [2.05, 4.69) is 42.7 Å². The minimum absolute atomic E-state index is 0.0605. The molecule has 108 valence electrons. The summed E-state index contributed by atoms with van der Waals surface area (Å²) in [6.07, 6.45) is 1.14. The fraction of sp³-hybridized carbons (Fsp3) is 0.500. The number of hydrogen-bond acceptors (Lipinski definition) is 3. The first kappa shape index (κ1) is 14.7. The first-order chi connectivity index (χ1) is 9.49. The fourth-order valence-electron chi connectivity index (χ4n) is 2.17. The van der Waals surface area contributed by atoms with Gasteiger partial charge in [0.15, 0.2) is 0 Å². The van der Waals surface area contributed by atoms with Crippen LogP contribution in [0.4, 0.5) is 0 Å². The molecule has 4 heteroatoms. The SMILES string of the molecule is CC(C)CCN(C)C(C)c1nc2ccccc2c(=O)[nH]1. The summed E-state index contributed by atoms with van der Waals surface area (Å²) in [6, 6.07) is 7.56. The van der Waals surface area contributed by atoms with Crippen molar-refractivity contribution < 1.29 is 0 Å². The fourth-order valence-corrected chi connectivity index (χ4v) is 2.17. The van der Waals surface area contributed by atoms with E-state index in [-0.39, 0.29) is 11.6 Å². The van der Waals surface area contributed by atoms with Crippen molar-refractivity contribution in [2.24, 2.45) is 5.92 Å². The van der Waals surface area contributed by atoms with Gasteiger partial charge in [0.25, 0.3) is 5.56 Å². The quantitative estimate of drug-likeness (QED) is 0.911. The molecule has 0 radical (unpaired) electrons. The van der Waals surface area contributed by atoms with E-state index >= 15 is 0 Å². The highest BCUT2D eigenvalue weighted by Crippen LogP contribution is 2.17. The molecule has 1 atom stereocenters. The molecule has 0 saturated heterocycles. The molecule has 1 N–H and O–H groups in total. The number of fused-ring (bicyclic) bond motifs is 1. The van der Waals surface area contributed by atoms with Gasteiger partial charge in [-0.25, -0.2) is 4.98 Å². The Morgan fingerprint density at radius 1 is 1.25 bits per heavy atom. The summed E-state index contributed by atoms with van der Waals surface area (Å²) in [6.45, 7) is 7.51. The molecule has 0 fully saturated rings. The van der Waals surface area contributed by atoms with Crippen molar-refractivity contribution in [3.63, 3.8) is 0 Å². The van der Waals surface area contributed by atoms with E-state index in [9.17, 15) is 4.79 Å². The highest BCUT2D eigenvalue weighted by atomic mass is 16.1. The number of benzene rings is 1. The molecule has 0 aliphatic heterocycles. The number of rotatable bonds is 5. The summed E-state index contributed by atoms with van der Waals surface area (Å²) in [5, 5.41) is 0.647. The summed E-state index contributed by atoms with van der Waals surface area (Å²) >= 11 is 0. The van der Waals surface area contributed by atoms with E-state index in [1.165, 1.54) is 0 Å². The Morgan fingerprint density at radius 2 is 1.95 bits per heavy atom. The lowest BCUT2D eigenvalue weighted by atomic mass is 10.1. The van der Waals surface area contributed by atoms with Gasteiger partial charge in [0.1, 0.15) is 5.82 Å². The Labute approximate surface area is 119 Å². The Morgan fingerprint density at radius 3 is 2.65 bits per heavy atom. The summed E-state index contributed by atoms with van der Waals surface area (Å²) in [4.78, 5) is 21.8. The summed E-state index contributed by atoms with van der Waals surface area (Å²) in [5.41, 5.74) is 0.699. The zero-order chi connectivity index (χ0) is 14.7. The lowest BCUT2D eigenvalue weighted by molar-refractivity contribution is 0.238. The third-order valence-electron chi connectivity index (χ3n) is 3.75. The lowest BCUT2D eigenvalue weighted by Crippen LogP contribution is -2.27. The van der Waals surface area contributed by atoms with E-state index in [0.29, 0.717) is 11.3 Å². The van der Waals surface area contributed by atoms with Crippen molar-refractivity contribution in [3.8, 4) is 0 Å². The number of H-pyrrole nitrogens is 1. The lowest BCUT2D eigenvalue weighted by Gasteiger charge is -2.24. The van der Waals surface area contributed by atoms with Gasteiger partial charge < -0.3 is 4.98 Å². The Hall–Kier alpha value is -1.68. The van der Waals surface area contributed by atoms with Crippen LogP contribution in [0.2, 0.25) is 0 Å². The number of aromatic amines is 1. The third-order valence-corrected chi connectivity index (χ3v) is 3.75. The van der Waals surface area contributed by atoms with E-state index in [4.69, 9.17) is 0 Å². The van der Waals surface area contributed by atoms with Gasteiger partial charge in [-0.05, 0) is 45.0 Å². The molecule has 20 heavy (non-hydrogen) atoms. The summed E-state index contributed by atoms with van der Waals surface area (Å²) < 4.78 is 0.